The monoisotopic (exact) mass is 210 g/mol. The van der Waals surface area contributed by atoms with Crippen molar-refractivity contribution in [2.75, 3.05) is 0 Å². The lowest BCUT2D eigenvalue weighted by atomic mass is 9.88. The molecular weight excluding hydrogens is 192 g/mol. The highest BCUT2D eigenvalue weighted by molar-refractivity contribution is 7.86. The van der Waals surface area contributed by atoms with E-state index in [0.717, 1.165) is 0 Å². The highest BCUT2D eigenvalue weighted by Gasteiger charge is 2.29. The van der Waals surface area contributed by atoms with Gasteiger partial charge in [-0.15, -0.1) is 0 Å². The quantitative estimate of drug-likeness (QED) is 0.683. The van der Waals surface area contributed by atoms with E-state index in [0.29, 0.717) is 6.42 Å². The molecule has 4 nitrogen and oxygen atoms in total. The topological polar surface area (TPSA) is 74.6 Å². The van der Waals surface area contributed by atoms with Crippen molar-refractivity contribution in [3.63, 3.8) is 0 Å². The van der Waals surface area contributed by atoms with E-state index >= 15 is 0 Å². The summed E-state index contributed by atoms with van der Waals surface area (Å²) in [4.78, 5) is 0. The van der Waals surface area contributed by atoms with Gasteiger partial charge in [0.2, 0.25) is 0 Å². The second-order valence-electron chi connectivity index (χ2n) is 4.55. The lowest BCUT2D eigenvalue weighted by Gasteiger charge is -2.24. The van der Waals surface area contributed by atoms with Crippen molar-refractivity contribution in [2.45, 2.75) is 45.5 Å². The molecule has 0 aromatic heterocycles. The van der Waals surface area contributed by atoms with Crippen LogP contribution in [0, 0.1) is 5.41 Å². The minimum atomic E-state index is -4.12. The zero-order valence-corrected chi connectivity index (χ0v) is 9.30. The van der Waals surface area contributed by atoms with Crippen molar-refractivity contribution >= 4 is 10.1 Å². The first-order valence-electron chi connectivity index (χ1n) is 4.18. The van der Waals surface area contributed by atoms with E-state index in [9.17, 15) is 13.5 Å². The average molecular weight is 210 g/mol. The van der Waals surface area contributed by atoms with Crippen LogP contribution in [0.4, 0.5) is 0 Å². The van der Waals surface area contributed by atoms with Crippen LogP contribution in [0.1, 0.15) is 34.1 Å². The highest BCUT2D eigenvalue weighted by atomic mass is 32.2. The number of hydrogen-bond acceptors (Lipinski definition) is 3. The smallest absolute Gasteiger partial charge is 0.270 e. The fourth-order valence-electron chi connectivity index (χ4n) is 0.992. The molecule has 0 bridgehead atoms. The van der Waals surface area contributed by atoms with E-state index in [1.165, 1.54) is 6.92 Å². The van der Waals surface area contributed by atoms with Gasteiger partial charge in [0.1, 0.15) is 5.25 Å². The normalized spacial score (nSPS) is 18.3. The second kappa shape index (κ2) is 3.94. The second-order valence-corrected chi connectivity index (χ2v) is 6.33. The molecule has 0 fully saturated rings. The van der Waals surface area contributed by atoms with Gasteiger partial charge in [-0.1, -0.05) is 20.8 Å². The first-order chi connectivity index (χ1) is 5.54. The largest absolute Gasteiger partial charge is 0.392 e. The lowest BCUT2D eigenvalue weighted by Crippen LogP contribution is -2.33. The van der Waals surface area contributed by atoms with E-state index in [2.05, 4.69) is 0 Å². The zero-order chi connectivity index (χ0) is 10.9. The summed E-state index contributed by atoms with van der Waals surface area (Å²) in [6.07, 6.45) is -0.677. The maximum Gasteiger partial charge on any atom is 0.270 e. The van der Waals surface area contributed by atoms with Gasteiger partial charge in [-0.05, 0) is 18.8 Å². The van der Waals surface area contributed by atoms with Crippen molar-refractivity contribution in [3.05, 3.63) is 0 Å². The average Bonchev–Trinajstić information content (AvgIpc) is 1.79. The Hall–Kier alpha value is -0.130. The molecular formula is C8H18O4S. The molecule has 0 radical (unpaired) electrons. The van der Waals surface area contributed by atoms with Crippen LogP contribution in [0.15, 0.2) is 0 Å². The van der Waals surface area contributed by atoms with Gasteiger partial charge in [0.15, 0.2) is 0 Å². The number of hydrogen-bond donors (Lipinski definition) is 2. The molecule has 0 aliphatic heterocycles. The van der Waals surface area contributed by atoms with Gasteiger partial charge >= 0.3 is 0 Å². The fourth-order valence-corrected chi connectivity index (χ4v) is 1.49. The predicted octanol–water partition coefficient (Wildman–Crippen LogP) is 1.06. The van der Waals surface area contributed by atoms with Crippen LogP contribution in [0.5, 0.6) is 0 Å². The van der Waals surface area contributed by atoms with Crippen molar-refractivity contribution in [1.82, 2.24) is 0 Å². The Bertz CT molecular complexity index is 250. The van der Waals surface area contributed by atoms with Gasteiger partial charge in [0.25, 0.3) is 10.1 Å². The van der Waals surface area contributed by atoms with Crippen LogP contribution in [0.25, 0.3) is 0 Å². The molecule has 13 heavy (non-hydrogen) atoms. The van der Waals surface area contributed by atoms with E-state index in [-0.39, 0.29) is 5.41 Å². The lowest BCUT2D eigenvalue weighted by molar-refractivity contribution is 0.118. The molecule has 2 unspecified atom stereocenters. The van der Waals surface area contributed by atoms with Crippen LogP contribution in [-0.4, -0.2) is 29.4 Å². The van der Waals surface area contributed by atoms with Gasteiger partial charge in [-0.2, -0.15) is 8.42 Å². The molecule has 0 aliphatic rings. The zero-order valence-electron chi connectivity index (χ0n) is 8.48. The van der Waals surface area contributed by atoms with Gasteiger partial charge in [0.05, 0.1) is 6.10 Å². The molecule has 0 aromatic carbocycles. The Labute approximate surface area is 79.7 Å². The summed E-state index contributed by atoms with van der Waals surface area (Å²) in [6.45, 7) is 6.98. The molecule has 2 atom stereocenters. The summed E-state index contributed by atoms with van der Waals surface area (Å²) in [6, 6.07) is 0. The molecule has 0 aliphatic carbocycles. The first-order valence-corrected chi connectivity index (χ1v) is 5.69. The molecule has 2 N–H and O–H groups in total. The van der Waals surface area contributed by atoms with Crippen molar-refractivity contribution in [2.24, 2.45) is 5.41 Å². The van der Waals surface area contributed by atoms with Crippen LogP contribution in [0.3, 0.4) is 0 Å². The molecule has 0 heterocycles. The molecule has 0 saturated carbocycles. The van der Waals surface area contributed by atoms with Crippen molar-refractivity contribution < 1.29 is 18.1 Å². The minimum absolute atomic E-state index is 0.154. The molecule has 0 aromatic rings. The maximum absolute atomic E-state index is 10.7. The SMILES string of the molecule is CC(C(O)CC(C)(C)C)S(=O)(=O)O. The van der Waals surface area contributed by atoms with E-state index in [4.69, 9.17) is 4.55 Å². The summed E-state index contributed by atoms with van der Waals surface area (Å²) in [5, 5.41) is 8.33. The summed E-state index contributed by atoms with van der Waals surface area (Å²) in [5.41, 5.74) is -0.154. The molecule has 0 saturated heterocycles. The van der Waals surface area contributed by atoms with Crippen LogP contribution >= 0.6 is 0 Å². The molecule has 0 rings (SSSR count). The Kier molecular flexibility index (Phi) is 3.90. The number of rotatable bonds is 3. The van der Waals surface area contributed by atoms with Crippen molar-refractivity contribution in [3.8, 4) is 0 Å². The third-order valence-electron chi connectivity index (χ3n) is 1.83. The number of aliphatic hydroxyl groups is 1. The minimum Gasteiger partial charge on any atom is -0.392 e. The Morgan fingerprint density at radius 3 is 1.92 bits per heavy atom. The third-order valence-corrected chi connectivity index (χ3v) is 3.09. The van der Waals surface area contributed by atoms with Gasteiger partial charge in [0, 0.05) is 0 Å². The van der Waals surface area contributed by atoms with Gasteiger partial charge in [-0.3, -0.25) is 4.55 Å². The molecule has 0 spiro atoms. The van der Waals surface area contributed by atoms with Crippen LogP contribution in [0.2, 0.25) is 0 Å². The third kappa shape index (κ3) is 5.23. The Balaban J connectivity index is 4.38. The van der Waals surface area contributed by atoms with Gasteiger partial charge < -0.3 is 5.11 Å². The molecule has 0 amide bonds. The standard InChI is InChI=1S/C8H18O4S/c1-6(13(10,11)12)7(9)5-8(2,3)4/h6-7,9H,5H2,1-4H3,(H,10,11,12). The summed E-state index contributed by atoms with van der Waals surface area (Å²) < 4.78 is 30.0. The van der Waals surface area contributed by atoms with Crippen LogP contribution < -0.4 is 0 Å². The summed E-state index contributed by atoms with van der Waals surface area (Å²) in [7, 11) is -4.12. The first kappa shape index (κ1) is 12.9. The van der Waals surface area contributed by atoms with E-state index < -0.39 is 21.5 Å². The van der Waals surface area contributed by atoms with Gasteiger partial charge in [-0.25, -0.2) is 0 Å². The summed E-state index contributed by atoms with van der Waals surface area (Å²) >= 11 is 0. The van der Waals surface area contributed by atoms with Crippen LogP contribution in [-0.2, 0) is 10.1 Å². The molecule has 5 heteroatoms. The molecule has 80 valence electrons. The Morgan fingerprint density at radius 1 is 1.31 bits per heavy atom. The highest BCUT2D eigenvalue weighted by Crippen LogP contribution is 2.23. The fraction of sp³-hybridized carbons (Fsp3) is 1.00. The predicted molar refractivity (Wildman–Crippen MR) is 51.1 cm³/mol. The van der Waals surface area contributed by atoms with E-state index in [1.807, 2.05) is 20.8 Å². The number of aliphatic hydroxyl groups excluding tert-OH is 1. The Morgan fingerprint density at radius 2 is 1.69 bits per heavy atom. The van der Waals surface area contributed by atoms with E-state index in [1.54, 1.807) is 0 Å². The maximum atomic E-state index is 10.7. The van der Waals surface area contributed by atoms with Crippen molar-refractivity contribution in [1.29, 1.82) is 0 Å². The summed E-state index contributed by atoms with van der Waals surface area (Å²) in [5.74, 6) is 0.